The molecule has 0 spiro atoms. The van der Waals surface area contributed by atoms with E-state index in [0.29, 0.717) is 4.88 Å². The number of carbonyl (C=O) groups excluding carboxylic acids is 2. The molecule has 114 valence electrons. The molecular weight excluding hydrogens is 296 g/mol. The number of esters is 1. The van der Waals surface area contributed by atoms with Crippen molar-refractivity contribution < 1.29 is 14.3 Å². The normalized spacial score (nSPS) is 16.8. The number of hydrogen-bond acceptors (Lipinski definition) is 4. The van der Waals surface area contributed by atoms with Gasteiger partial charge in [-0.2, -0.15) is 0 Å². The third-order valence-corrected chi connectivity index (χ3v) is 4.86. The molecule has 1 aromatic heterocycles. The highest BCUT2D eigenvalue weighted by Gasteiger charge is 2.22. The third kappa shape index (κ3) is 3.63. The van der Waals surface area contributed by atoms with Crippen molar-refractivity contribution in [2.45, 2.75) is 38.2 Å². The average molecular weight is 314 g/mol. The average Bonchev–Trinajstić information content (AvgIpc) is 3.07. The lowest BCUT2D eigenvalue weighted by molar-refractivity contribution is -0.149. The van der Waals surface area contributed by atoms with Crippen molar-refractivity contribution in [2.24, 2.45) is 0 Å². The molecule has 22 heavy (non-hydrogen) atoms. The van der Waals surface area contributed by atoms with Crippen LogP contribution in [0.2, 0.25) is 0 Å². The minimum atomic E-state index is -0.269. The first kappa shape index (κ1) is 15.0. The zero-order valence-electron chi connectivity index (χ0n) is 12.3. The Bertz CT molecular complexity index is 661. The summed E-state index contributed by atoms with van der Waals surface area (Å²) in [4.78, 5) is 24.5. The van der Waals surface area contributed by atoms with Crippen LogP contribution in [0.15, 0.2) is 41.8 Å². The number of ketones is 1. The minimum absolute atomic E-state index is 0.0148. The first-order valence-electron chi connectivity index (χ1n) is 7.55. The van der Waals surface area contributed by atoms with E-state index >= 15 is 0 Å². The van der Waals surface area contributed by atoms with Crippen molar-refractivity contribution in [3.8, 4) is 0 Å². The number of benzene rings is 1. The van der Waals surface area contributed by atoms with Gasteiger partial charge in [-0.1, -0.05) is 30.3 Å². The van der Waals surface area contributed by atoms with Gasteiger partial charge in [0.05, 0.1) is 11.3 Å². The summed E-state index contributed by atoms with van der Waals surface area (Å²) in [6, 6.07) is 11.9. The van der Waals surface area contributed by atoms with Gasteiger partial charge in [-0.3, -0.25) is 9.59 Å². The Morgan fingerprint density at radius 1 is 1.09 bits per heavy atom. The molecule has 4 heteroatoms. The summed E-state index contributed by atoms with van der Waals surface area (Å²) in [5.41, 5.74) is 2.61. The summed E-state index contributed by atoms with van der Waals surface area (Å²) in [6.07, 6.45) is 2.92. The number of carbonyl (C=O) groups is 2. The lowest BCUT2D eigenvalue weighted by Crippen LogP contribution is -2.25. The summed E-state index contributed by atoms with van der Waals surface area (Å²) in [5, 5.41) is 1.87. The van der Waals surface area contributed by atoms with E-state index in [-0.39, 0.29) is 30.7 Å². The largest absolute Gasteiger partial charge is 0.462 e. The van der Waals surface area contributed by atoms with Crippen molar-refractivity contribution in [3.05, 3.63) is 57.8 Å². The van der Waals surface area contributed by atoms with Crippen molar-refractivity contribution in [2.75, 3.05) is 0 Å². The summed E-state index contributed by atoms with van der Waals surface area (Å²) >= 11 is 1.41. The third-order valence-electron chi connectivity index (χ3n) is 3.95. The van der Waals surface area contributed by atoms with Gasteiger partial charge < -0.3 is 4.74 Å². The highest BCUT2D eigenvalue weighted by atomic mass is 32.1. The molecule has 3 nitrogen and oxygen atoms in total. The van der Waals surface area contributed by atoms with Crippen LogP contribution in [0.5, 0.6) is 0 Å². The Morgan fingerprint density at radius 3 is 2.68 bits per heavy atom. The van der Waals surface area contributed by atoms with Crippen LogP contribution in [-0.4, -0.2) is 17.9 Å². The summed E-state index contributed by atoms with van der Waals surface area (Å²) in [6.45, 7) is 0. The van der Waals surface area contributed by atoms with Crippen molar-refractivity contribution in [3.63, 3.8) is 0 Å². The summed E-state index contributed by atoms with van der Waals surface area (Å²) in [7, 11) is 0. The predicted octanol–water partition coefficient (Wildman–Crippen LogP) is 3.81. The number of thiophene rings is 1. The van der Waals surface area contributed by atoms with Crippen LogP contribution >= 0.6 is 11.3 Å². The number of ether oxygens (including phenoxy) is 1. The van der Waals surface area contributed by atoms with Gasteiger partial charge in [-0.25, -0.2) is 0 Å². The van der Waals surface area contributed by atoms with Crippen molar-refractivity contribution in [1.82, 2.24) is 0 Å². The van der Waals surface area contributed by atoms with Crippen LogP contribution < -0.4 is 0 Å². The summed E-state index contributed by atoms with van der Waals surface area (Å²) in [5.74, 6) is -0.254. The molecule has 1 aliphatic rings. The van der Waals surface area contributed by atoms with E-state index in [1.165, 1.54) is 22.5 Å². The molecule has 0 amide bonds. The van der Waals surface area contributed by atoms with Crippen molar-refractivity contribution in [1.29, 1.82) is 0 Å². The van der Waals surface area contributed by atoms with E-state index < -0.39 is 0 Å². The number of fused-ring (bicyclic) bond motifs is 1. The molecule has 0 saturated carbocycles. The van der Waals surface area contributed by atoms with Gasteiger partial charge in [0.2, 0.25) is 0 Å². The first-order chi connectivity index (χ1) is 10.7. The summed E-state index contributed by atoms with van der Waals surface area (Å²) < 4.78 is 5.53. The number of Topliss-reactive ketones (excluding diaryl/α,β-unsaturated/α-hetero) is 1. The van der Waals surface area contributed by atoms with E-state index in [2.05, 4.69) is 12.1 Å². The molecule has 3 rings (SSSR count). The number of aryl methyl sites for hydroxylation is 1. The molecule has 1 unspecified atom stereocenters. The molecule has 1 heterocycles. The topological polar surface area (TPSA) is 43.4 Å². The van der Waals surface area contributed by atoms with Gasteiger partial charge in [0.25, 0.3) is 0 Å². The highest BCUT2D eigenvalue weighted by molar-refractivity contribution is 7.12. The van der Waals surface area contributed by atoms with E-state index in [0.717, 1.165) is 19.3 Å². The Labute approximate surface area is 133 Å². The second kappa shape index (κ2) is 6.88. The quantitative estimate of drug-likeness (QED) is 0.622. The molecular formula is C18H18O3S. The zero-order valence-corrected chi connectivity index (χ0v) is 13.1. The van der Waals surface area contributed by atoms with Crippen molar-refractivity contribution >= 4 is 23.1 Å². The Morgan fingerprint density at radius 2 is 1.91 bits per heavy atom. The van der Waals surface area contributed by atoms with E-state index in [1.54, 1.807) is 6.07 Å². The fourth-order valence-corrected chi connectivity index (χ4v) is 3.48. The second-order valence-corrected chi connectivity index (χ2v) is 6.47. The molecule has 0 saturated heterocycles. The van der Waals surface area contributed by atoms with Crippen LogP contribution in [0, 0.1) is 0 Å². The predicted molar refractivity (Wildman–Crippen MR) is 86.2 cm³/mol. The van der Waals surface area contributed by atoms with E-state index in [4.69, 9.17) is 4.74 Å². The van der Waals surface area contributed by atoms with Gasteiger partial charge in [0, 0.05) is 12.8 Å². The minimum Gasteiger partial charge on any atom is -0.462 e. The zero-order chi connectivity index (χ0) is 15.4. The molecule has 2 aromatic rings. The van der Waals surface area contributed by atoms with Crippen LogP contribution in [0.4, 0.5) is 0 Å². The Balaban J connectivity index is 1.48. The molecule has 0 N–H and O–H groups in total. The van der Waals surface area contributed by atoms with Gasteiger partial charge in [-0.15, -0.1) is 11.3 Å². The van der Waals surface area contributed by atoms with Gasteiger partial charge in [0.1, 0.15) is 6.10 Å². The maximum atomic E-state index is 11.9. The molecule has 0 radical (unpaired) electrons. The van der Waals surface area contributed by atoms with Crippen LogP contribution in [0.25, 0.3) is 0 Å². The molecule has 1 aromatic carbocycles. The monoisotopic (exact) mass is 314 g/mol. The van der Waals surface area contributed by atoms with E-state index in [9.17, 15) is 9.59 Å². The molecule has 0 aliphatic heterocycles. The Hall–Kier alpha value is -1.94. The lowest BCUT2D eigenvalue weighted by Gasteiger charge is -2.24. The van der Waals surface area contributed by atoms with Crippen LogP contribution in [0.1, 0.15) is 40.1 Å². The molecule has 1 atom stereocenters. The SMILES string of the molecule is O=C(CCC(=O)c1cccs1)OC1CCc2ccccc2C1. The second-order valence-electron chi connectivity index (χ2n) is 5.52. The van der Waals surface area contributed by atoms with Gasteiger partial charge in [0.15, 0.2) is 5.78 Å². The first-order valence-corrected chi connectivity index (χ1v) is 8.43. The van der Waals surface area contributed by atoms with Gasteiger partial charge >= 0.3 is 5.97 Å². The van der Waals surface area contributed by atoms with Crippen LogP contribution in [-0.2, 0) is 22.4 Å². The molecule has 0 fully saturated rings. The smallest absolute Gasteiger partial charge is 0.306 e. The number of rotatable bonds is 5. The van der Waals surface area contributed by atoms with Gasteiger partial charge in [-0.05, 0) is 35.4 Å². The van der Waals surface area contributed by atoms with Crippen LogP contribution in [0.3, 0.4) is 0 Å². The maximum absolute atomic E-state index is 11.9. The maximum Gasteiger partial charge on any atom is 0.306 e. The number of hydrogen-bond donors (Lipinski definition) is 0. The fraction of sp³-hybridized carbons (Fsp3) is 0.333. The standard InChI is InChI=1S/C18H18O3S/c19-16(17-6-3-11-22-17)9-10-18(20)21-15-8-7-13-4-1-2-5-14(13)12-15/h1-6,11,15H,7-10,12H2. The highest BCUT2D eigenvalue weighted by Crippen LogP contribution is 2.23. The Kier molecular flexibility index (Phi) is 4.68. The molecule has 1 aliphatic carbocycles. The van der Waals surface area contributed by atoms with E-state index in [1.807, 2.05) is 23.6 Å². The molecule has 0 bridgehead atoms. The lowest BCUT2D eigenvalue weighted by atomic mass is 9.90. The fourth-order valence-electron chi connectivity index (χ4n) is 2.79.